The van der Waals surface area contributed by atoms with Crippen LogP contribution in [0.1, 0.15) is 6.42 Å². The summed E-state index contributed by atoms with van der Waals surface area (Å²) in [7, 11) is 2.00. The van der Waals surface area contributed by atoms with Crippen LogP contribution in [0, 0.1) is 0 Å². The normalized spacial score (nSPS) is 31.5. The number of nitrogens with zero attached hydrogens (tertiary/aromatic N) is 1. The Morgan fingerprint density at radius 3 is 2.75 bits per heavy atom. The topological polar surface area (TPSA) is 15.3 Å². The van der Waals surface area contributed by atoms with Crippen molar-refractivity contribution in [3.05, 3.63) is 0 Å². The largest absolute Gasteiger partial charge is 0.316 e. The molecule has 1 N–H and O–H groups in total. The standard InChI is InChI=1S/C5H12N2S/c1-6-5-2-3-7(8)4-5/h5-6,8H,2-4H2,1H3. The average Bonchev–Trinajstić information content (AvgIpc) is 2.14. The summed E-state index contributed by atoms with van der Waals surface area (Å²) in [5, 5.41) is 3.20. The maximum absolute atomic E-state index is 4.20. The third kappa shape index (κ3) is 1.37. The Kier molecular flexibility index (Phi) is 2.16. The van der Waals surface area contributed by atoms with Gasteiger partial charge in [-0.2, -0.15) is 0 Å². The van der Waals surface area contributed by atoms with Gasteiger partial charge >= 0.3 is 0 Å². The summed E-state index contributed by atoms with van der Waals surface area (Å²) in [6.45, 7) is 2.20. The highest BCUT2D eigenvalue weighted by Crippen LogP contribution is 2.09. The van der Waals surface area contributed by atoms with Gasteiger partial charge in [-0.25, -0.2) is 0 Å². The second-order valence-electron chi connectivity index (χ2n) is 2.19. The zero-order valence-electron chi connectivity index (χ0n) is 5.09. The van der Waals surface area contributed by atoms with Crippen molar-refractivity contribution in [1.82, 2.24) is 9.62 Å². The van der Waals surface area contributed by atoms with Crippen LogP contribution >= 0.6 is 12.8 Å². The first-order valence-corrected chi connectivity index (χ1v) is 3.34. The molecule has 0 spiro atoms. The molecular formula is C5H12N2S. The van der Waals surface area contributed by atoms with Crippen molar-refractivity contribution in [2.75, 3.05) is 20.1 Å². The summed E-state index contributed by atoms with van der Waals surface area (Å²) in [5.41, 5.74) is 0. The zero-order chi connectivity index (χ0) is 5.98. The van der Waals surface area contributed by atoms with Crippen molar-refractivity contribution in [3.8, 4) is 0 Å². The van der Waals surface area contributed by atoms with E-state index in [1.54, 1.807) is 0 Å². The Hall–Kier alpha value is 0.270. The van der Waals surface area contributed by atoms with Crippen molar-refractivity contribution in [2.45, 2.75) is 12.5 Å². The van der Waals surface area contributed by atoms with Crippen LogP contribution in [-0.4, -0.2) is 30.5 Å². The summed E-state index contributed by atoms with van der Waals surface area (Å²) >= 11 is 4.20. The molecule has 3 heteroatoms. The molecule has 0 aromatic carbocycles. The van der Waals surface area contributed by atoms with E-state index in [1.807, 2.05) is 11.4 Å². The van der Waals surface area contributed by atoms with Gasteiger partial charge in [0.25, 0.3) is 0 Å². The van der Waals surface area contributed by atoms with Crippen molar-refractivity contribution in [3.63, 3.8) is 0 Å². The Bertz CT molecular complexity index is 76.8. The van der Waals surface area contributed by atoms with Crippen LogP contribution in [-0.2, 0) is 0 Å². The van der Waals surface area contributed by atoms with Gasteiger partial charge in [-0.15, -0.1) is 0 Å². The van der Waals surface area contributed by atoms with E-state index in [4.69, 9.17) is 0 Å². The van der Waals surface area contributed by atoms with Gasteiger partial charge in [0.2, 0.25) is 0 Å². The van der Waals surface area contributed by atoms with E-state index in [2.05, 4.69) is 18.1 Å². The van der Waals surface area contributed by atoms with Crippen molar-refractivity contribution in [2.24, 2.45) is 0 Å². The maximum atomic E-state index is 4.20. The van der Waals surface area contributed by atoms with Crippen molar-refractivity contribution in [1.29, 1.82) is 0 Å². The fraction of sp³-hybridized carbons (Fsp3) is 1.00. The van der Waals surface area contributed by atoms with Crippen molar-refractivity contribution < 1.29 is 0 Å². The molecule has 0 aliphatic carbocycles. The Morgan fingerprint density at radius 2 is 2.50 bits per heavy atom. The predicted molar refractivity (Wildman–Crippen MR) is 38.0 cm³/mol. The van der Waals surface area contributed by atoms with Gasteiger partial charge in [-0.05, 0) is 13.5 Å². The highest BCUT2D eigenvalue weighted by atomic mass is 32.1. The first-order chi connectivity index (χ1) is 3.83. The van der Waals surface area contributed by atoms with Crippen LogP contribution in [0.25, 0.3) is 0 Å². The van der Waals surface area contributed by atoms with Gasteiger partial charge in [0.1, 0.15) is 0 Å². The van der Waals surface area contributed by atoms with Crippen LogP contribution in [0.5, 0.6) is 0 Å². The molecular weight excluding hydrogens is 120 g/mol. The Morgan fingerprint density at radius 1 is 1.75 bits per heavy atom. The number of hydrogen-bond acceptors (Lipinski definition) is 3. The van der Waals surface area contributed by atoms with E-state index >= 15 is 0 Å². The molecule has 1 rings (SSSR count). The molecule has 8 heavy (non-hydrogen) atoms. The molecule has 2 nitrogen and oxygen atoms in total. The highest BCUT2D eigenvalue weighted by molar-refractivity contribution is 7.77. The van der Waals surface area contributed by atoms with Gasteiger partial charge in [0.05, 0.1) is 0 Å². The summed E-state index contributed by atoms with van der Waals surface area (Å²) in [5.74, 6) is 0. The monoisotopic (exact) mass is 132 g/mol. The molecule has 1 saturated heterocycles. The summed E-state index contributed by atoms with van der Waals surface area (Å²) < 4.78 is 2.04. The molecule has 0 radical (unpaired) electrons. The lowest BCUT2D eigenvalue weighted by molar-refractivity contribution is 0.547. The van der Waals surface area contributed by atoms with Gasteiger partial charge in [0, 0.05) is 19.1 Å². The molecule has 1 unspecified atom stereocenters. The van der Waals surface area contributed by atoms with Crippen LogP contribution in [0.3, 0.4) is 0 Å². The molecule has 0 aromatic heterocycles. The second-order valence-corrected chi connectivity index (χ2v) is 2.75. The minimum Gasteiger partial charge on any atom is -0.316 e. The highest BCUT2D eigenvalue weighted by Gasteiger charge is 2.17. The molecule has 0 bridgehead atoms. The number of hydrogen-bond donors (Lipinski definition) is 2. The lowest BCUT2D eigenvalue weighted by Crippen LogP contribution is -2.26. The molecule has 0 saturated carbocycles. The quantitative estimate of drug-likeness (QED) is 0.493. The predicted octanol–water partition coefficient (Wildman–Crippen LogP) is 0.125. The smallest absolute Gasteiger partial charge is 0.0242 e. The van der Waals surface area contributed by atoms with E-state index in [-0.39, 0.29) is 0 Å². The summed E-state index contributed by atoms with van der Waals surface area (Å²) in [6, 6.07) is 0.674. The lowest BCUT2D eigenvalue weighted by Gasteiger charge is -2.06. The molecule has 0 amide bonds. The summed E-state index contributed by atoms with van der Waals surface area (Å²) in [4.78, 5) is 0. The SMILES string of the molecule is CNC1CCN(S)C1. The van der Waals surface area contributed by atoms with Crippen molar-refractivity contribution >= 4 is 12.8 Å². The third-order valence-electron chi connectivity index (χ3n) is 1.58. The molecule has 48 valence electrons. The van der Waals surface area contributed by atoms with Crippen LogP contribution in [0.15, 0.2) is 0 Å². The average molecular weight is 132 g/mol. The van der Waals surface area contributed by atoms with Gasteiger partial charge in [-0.3, -0.25) is 4.31 Å². The van der Waals surface area contributed by atoms with E-state index < -0.39 is 0 Å². The number of nitrogens with one attached hydrogen (secondary N) is 1. The number of likely N-dealkylation sites (N-methyl/N-ethyl adjacent to an activating group) is 1. The minimum atomic E-state index is 0.674. The second kappa shape index (κ2) is 2.71. The first kappa shape index (κ1) is 6.39. The number of thiol groups is 1. The van der Waals surface area contributed by atoms with Crippen LogP contribution in [0.2, 0.25) is 0 Å². The molecule has 1 aliphatic rings. The van der Waals surface area contributed by atoms with E-state index in [1.165, 1.54) is 6.42 Å². The van der Waals surface area contributed by atoms with Gasteiger partial charge in [0.15, 0.2) is 0 Å². The number of rotatable bonds is 1. The molecule has 1 aliphatic heterocycles. The maximum Gasteiger partial charge on any atom is 0.0242 e. The fourth-order valence-electron chi connectivity index (χ4n) is 0.977. The Balaban J connectivity index is 2.22. The molecule has 1 fully saturated rings. The molecule has 1 atom stereocenters. The fourth-order valence-corrected chi connectivity index (χ4v) is 1.29. The van der Waals surface area contributed by atoms with Gasteiger partial charge in [-0.1, -0.05) is 12.8 Å². The van der Waals surface area contributed by atoms with Crippen LogP contribution < -0.4 is 5.32 Å². The molecule has 1 heterocycles. The van der Waals surface area contributed by atoms with E-state index in [9.17, 15) is 0 Å². The summed E-state index contributed by atoms with van der Waals surface area (Å²) in [6.07, 6.45) is 1.24. The minimum absolute atomic E-state index is 0.674. The zero-order valence-corrected chi connectivity index (χ0v) is 5.99. The lowest BCUT2D eigenvalue weighted by atomic mass is 10.3. The third-order valence-corrected chi connectivity index (χ3v) is 1.94. The van der Waals surface area contributed by atoms with E-state index in [0.29, 0.717) is 6.04 Å². The Labute approximate surface area is 55.8 Å². The van der Waals surface area contributed by atoms with Gasteiger partial charge < -0.3 is 5.32 Å². The molecule has 0 aromatic rings. The van der Waals surface area contributed by atoms with E-state index in [0.717, 1.165) is 13.1 Å². The van der Waals surface area contributed by atoms with Crippen LogP contribution in [0.4, 0.5) is 0 Å². The first-order valence-electron chi connectivity index (χ1n) is 2.94.